The van der Waals surface area contributed by atoms with Gasteiger partial charge < -0.3 is 4.90 Å². The third kappa shape index (κ3) is 2.34. The van der Waals surface area contributed by atoms with Gasteiger partial charge in [-0.2, -0.15) is 10.1 Å². The minimum Gasteiger partial charge on any atom is -0.306 e. The van der Waals surface area contributed by atoms with E-state index in [2.05, 4.69) is 12.0 Å². The molecule has 0 aromatic heterocycles. The number of nitrogens with zero attached hydrogens (tertiary/aromatic N) is 3. The van der Waals surface area contributed by atoms with Crippen molar-refractivity contribution in [3.8, 4) is 0 Å². The van der Waals surface area contributed by atoms with E-state index in [1.165, 1.54) is 0 Å². The Morgan fingerprint density at radius 1 is 0.808 bits per heavy atom. The second-order valence-electron chi connectivity index (χ2n) is 6.24. The van der Waals surface area contributed by atoms with Crippen LogP contribution in [0.3, 0.4) is 0 Å². The predicted octanol–water partition coefficient (Wildman–Crippen LogP) is 2.83. The minimum atomic E-state index is -0.504. The van der Waals surface area contributed by atoms with Crippen LogP contribution in [-0.4, -0.2) is 35.0 Å². The van der Waals surface area contributed by atoms with Crippen molar-refractivity contribution in [3.05, 3.63) is 65.2 Å². The lowest BCUT2D eigenvalue weighted by Crippen LogP contribution is -2.33. The van der Waals surface area contributed by atoms with Crippen molar-refractivity contribution in [3.63, 3.8) is 0 Å². The fourth-order valence-electron chi connectivity index (χ4n) is 3.26. The first-order valence-electron chi connectivity index (χ1n) is 8.61. The summed E-state index contributed by atoms with van der Waals surface area (Å²) in [6.45, 7) is 2.63. The topological polar surface area (TPSA) is 70.1 Å². The molecule has 6 heteroatoms. The second kappa shape index (κ2) is 6.22. The molecule has 4 rings (SSSR count). The van der Waals surface area contributed by atoms with Gasteiger partial charge in [-0.1, -0.05) is 43.7 Å². The number of anilines is 1. The normalized spacial score (nSPS) is 17.3. The number of hydrogen-bond donors (Lipinski definition) is 0. The molecule has 6 nitrogen and oxygen atoms in total. The van der Waals surface area contributed by atoms with Crippen LogP contribution in [0.4, 0.5) is 5.69 Å². The highest BCUT2D eigenvalue weighted by Gasteiger charge is 2.39. The number of fused-ring (bicyclic) bond motifs is 2. The summed E-state index contributed by atoms with van der Waals surface area (Å²) in [5, 5.41) is 5.00. The molecule has 0 aliphatic carbocycles. The fraction of sp³-hybridized carbons (Fsp3) is 0.200. The van der Waals surface area contributed by atoms with Crippen molar-refractivity contribution in [1.82, 2.24) is 5.01 Å². The van der Waals surface area contributed by atoms with Gasteiger partial charge in [-0.15, -0.1) is 0 Å². The smallest absolute Gasteiger partial charge is 0.282 e. The summed E-state index contributed by atoms with van der Waals surface area (Å²) < 4.78 is 0. The highest BCUT2D eigenvalue weighted by Crippen LogP contribution is 2.31. The van der Waals surface area contributed by atoms with Gasteiger partial charge in [-0.3, -0.25) is 14.4 Å². The lowest BCUT2D eigenvalue weighted by Gasteiger charge is -2.16. The van der Waals surface area contributed by atoms with E-state index in [9.17, 15) is 14.4 Å². The molecule has 2 aromatic rings. The number of carbonyl (C=O) groups excluding carboxylic acids is 3. The molecule has 0 unspecified atom stereocenters. The molecule has 0 atom stereocenters. The number of unbranched alkanes of at least 4 members (excludes halogenated alkanes) is 1. The summed E-state index contributed by atoms with van der Waals surface area (Å²) in [4.78, 5) is 39.6. The zero-order valence-corrected chi connectivity index (χ0v) is 14.3. The van der Waals surface area contributed by atoms with Gasteiger partial charge in [-0.05, 0) is 24.6 Å². The maximum Gasteiger partial charge on any atom is 0.282 e. The molecular formula is C20H17N3O3. The number of amides is 3. The summed E-state index contributed by atoms with van der Waals surface area (Å²) in [6, 6.07) is 13.9. The van der Waals surface area contributed by atoms with Gasteiger partial charge in [0.15, 0.2) is 5.71 Å². The number of imide groups is 1. The molecular weight excluding hydrogens is 330 g/mol. The standard InChI is InChI=1S/C20H17N3O3/c1-2-3-12-22-16-11-7-6-10-15(16)17(20(22)26)21-23-18(24)13-8-4-5-9-14(13)19(23)25/h4-11H,2-3,12H2,1H3. The van der Waals surface area contributed by atoms with Crippen LogP contribution in [0.5, 0.6) is 0 Å². The summed E-state index contributed by atoms with van der Waals surface area (Å²) in [5.41, 5.74) is 2.16. The van der Waals surface area contributed by atoms with Gasteiger partial charge in [0.2, 0.25) is 0 Å². The first kappa shape index (κ1) is 16.2. The van der Waals surface area contributed by atoms with Gasteiger partial charge >= 0.3 is 0 Å². The summed E-state index contributed by atoms with van der Waals surface area (Å²) in [6.07, 6.45) is 1.82. The molecule has 26 heavy (non-hydrogen) atoms. The first-order valence-corrected chi connectivity index (χ1v) is 8.61. The number of carbonyl (C=O) groups is 3. The molecule has 0 saturated heterocycles. The number of para-hydroxylation sites is 1. The van der Waals surface area contributed by atoms with Gasteiger partial charge in [0, 0.05) is 12.1 Å². The molecule has 0 saturated carbocycles. The predicted molar refractivity (Wildman–Crippen MR) is 97.2 cm³/mol. The van der Waals surface area contributed by atoms with Gasteiger partial charge in [0.1, 0.15) is 0 Å². The van der Waals surface area contributed by atoms with Gasteiger partial charge in [0.05, 0.1) is 16.8 Å². The molecule has 2 aromatic carbocycles. The van der Waals surface area contributed by atoms with Crippen LogP contribution in [0.15, 0.2) is 53.6 Å². The Labute approximate surface area is 150 Å². The number of rotatable bonds is 4. The summed E-state index contributed by atoms with van der Waals surface area (Å²) in [5.74, 6) is -1.29. The van der Waals surface area contributed by atoms with E-state index in [0.29, 0.717) is 23.2 Å². The van der Waals surface area contributed by atoms with Crippen molar-refractivity contribution in [2.75, 3.05) is 11.4 Å². The lowest BCUT2D eigenvalue weighted by molar-refractivity contribution is -0.112. The molecule has 0 radical (unpaired) electrons. The van der Waals surface area contributed by atoms with Crippen LogP contribution in [0, 0.1) is 0 Å². The van der Waals surface area contributed by atoms with E-state index in [4.69, 9.17) is 0 Å². The van der Waals surface area contributed by atoms with Crippen molar-refractivity contribution >= 4 is 29.1 Å². The van der Waals surface area contributed by atoms with Crippen LogP contribution in [0.1, 0.15) is 46.0 Å². The Morgan fingerprint density at radius 2 is 1.38 bits per heavy atom. The number of hydrogen-bond acceptors (Lipinski definition) is 4. The van der Waals surface area contributed by atoms with Crippen molar-refractivity contribution in [2.24, 2.45) is 5.10 Å². The maximum absolute atomic E-state index is 12.9. The highest BCUT2D eigenvalue weighted by atomic mass is 16.2. The number of benzene rings is 2. The summed E-state index contributed by atoms with van der Waals surface area (Å²) in [7, 11) is 0. The molecule has 2 aliphatic rings. The Hall–Kier alpha value is -3.28. The third-order valence-corrected chi connectivity index (χ3v) is 4.61. The van der Waals surface area contributed by atoms with E-state index < -0.39 is 11.8 Å². The average Bonchev–Trinajstić information content (AvgIpc) is 3.07. The van der Waals surface area contributed by atoms with Crippen LogP contribution >= 0.6 is 0 Å². The van der Waals surface area contributed by atoms with Gasteiger partial charge in [-0.25, -0.2) is 0 Å². The molecule has 2 aliphatic heterocycles. The monoisotopic (exact) mass is 347 g/mol. The summed E-state index contributed by atoms with van der Waals surface area (Å²) >= 11 is 0. The maximum atomic E-state index is 12.9. The SMILES string of the molecule is CCCCN1C(=O)C(=NN2C(=O)c3ccccc3C2=O)c2ccccc21. The Morgan fingerprint density at radius 3 is 2.00 bits per heavy atom. The highest BCUT2D eigenvalue weighted by molar-refractivity contribution is 6.54. The van der Waals surface area contributed by atoms with E-state index in [1.54, 1.807) is 35.2 Å². The second-order valence-corrected chi connectivity index (χ2v) is 6.24. The molecule has 0 bridgehead atoms. The first-order chi connectivity index (χ1) is 12.6. The zero-order chi connectivity index (χ0) is 18.3. The quantitative estimate of drug-likeness (QED) is 0.799. The molecule has 3 amide bonds. The molecule has 0 N–H and O–H groups in total. The van der Waals surface area contributed by atoms with Crippen molar-refractivity contribution < 1.29 is 14.4 Å². The van der Waals surface area contributed by atoms with E-state index in [0.717, 1.165) is 23.5 Å². The Balaban J connectivity index is 1.75. The molecule has 0 fully saturated rings. The zero-order valence-electron chi connectivity index (χ0n) is 14.3. The molecule has 2 heterocycles. The molecule has 130 valence electrons. The van der Waals surface area contributed by atoms with Crippen molar-refractivity contribution in [2.45, 2.75) is 19.8 Å². The van der Waals surface area contributed by atoms with Crippen LogP contribution in [0.2, 0.25) is 0 Å². The van der Waals surface area contributed by atoms with E-state index in [1.807, 2.05) is 18.2 Å². The van der Waals surface area contributed by atoms with E-state index in [-0.39, 0.29) is 11.6 Å². The van der Waals surface area contributed by atoms with Crippen LogP contribution < -0.4 is 4.90 Å². The van der Waals surface area contributed by atoms with Crippen molar-refractivity contribution in [1.29, 1.82) is 0 Å². The lowest BCUT2D eigenvalue weighted by atomic mass is 10.1. The van der Waals surface area contributed by atoms with E-state index >= 15 is 0 Å². The third-order valence-electron chi connectivity index (χ3n) is 4.61. The molecule has 0 spiro atoms. The van der Waals surface area contributed by atoms with Crippen LogP contribution in [0.25, 0.3) is 0 Å². The Kier molecular flexibility index (Phi) is 3.88. The fourth-order valence-corrected chi connectivity index (χ4v) is 3.26. The number of hydrazone groups is 1. The Bertz CT molecular complexity index is 929. The average molecular weight is 347 g/mol. The minimum absolute atomic E-state index is 0.131. The largest absolute Gasteiger partial charge is 0.306 e. The van der Waals surface area contributed by atoms with Gasteiger partial charge in [0.25, 0.3) is 17.7 Å². The van der Waals surface area contributed by atoms with Crippen LogP contribution in [-0.2, 0) is 4.79 Å².